The van der Waals surface area contributed by atoms with E-state index in [9.17, 15) is 9.59 Å². The van der Waals surface area contributed by atoms with Crippen LogP contribution in [0.5, 0.6) is 0 Å². The van der Waals surface area contributed by atoms with Gasteiger partial charge in [0.15, 0.2) is 10.9 Å². The maximum absolute atomic E-state index is 11.9. The van der Waals surface area contributed by atoms with Gasteiger partial charge in [0.25, 0.3) is 0 Å². The number of nitrogens with zero attached hydrogens (tertiary/aromatic N) is 1. The van der Waals surface area contributed by atoms with Crippen molar-refractivity contribution in [3.05, 3.63) is 43.8 Å². The molecule has 0 aliphatic carbocycles. The number of anilines is 1. The molecule has 1 heterocycles. The van der Waals surface area contributed by atoms with Gasteiger partial charge in [0.05, 0.1) is 22.2 Å². The van der Waals surface area contributed by atoms with Gasteiger partial charge in [-0.1, -0.05) is 40.9 Å². The first-order valence-corrected chi connectivity index (χ1v) is 6.92. The van der Waals surface area contributed by atoms with Gasteiger partial charge in [0, 0.05) is 0 Å². The molecule has 0 unspecified atom stereocenters. The number of ketones is 1. The van der Waals surface area contributed by atoms with Crippen molar-refractivity contribution in [1.29, 1.82) is 0 Å². The number of hydrogen-bond donors (Lipinski definition) is 1. The van der Waals surface area contributed by atoms with E-state index in [1.54, 1.807) is 18.2 Å². The van der Waals surface area contributed by atoms with Crippen LogP contribution in [0.15, 0.2) is 27.4 Å². The lowest BCUT2D eigenvalue weighted by atomic mass is 10.2. The smallest absolute Gasteiger partial charge is 0.379 e. The molecule has 1 aromatic carbocycles. The van der Waals surface area contributed by atoms with Crippen LogP contribution < -0.4 is 10.9 Å². The Morgan fingerprint density at radius 3 is 2.48 bits per heavy atom. The SMILES string of the molecule is CC(=O)CNc1nc(Cl)c(-c2c(Cl)cccc2Cl)oc1=O. The molecule has 0 fully saturated rings. The minimum absolute atomic E-state index is 0.0226. The summed E-state index contributed by atoms with van der Waals surface area (Å²) in [5.74, 6) is -0.335. The third-order valence-electron chi connectivity index (χ3n) is 2.48. The summed E-state index contributed by atoms with van der Waals surface area (Å²) >= 11 is 18.1. The molecule has 5 nitrogen and oxygen atoms in total. The lowest BCUT2D eigenvalue weighted by molar-refractivity contribution is -0.115. The monoisotopic (exact) mass is 346 g/mol. The number of hydrogen-bond acceptors (Lipinski definition) is 5. The molecule has 0 saturated heterocycles. The summed E-state index contributed by atoms with van der Waals surface area (Å²) in [7, 11) is 0. The number of aromatic nitrogens is 1. The number of rotatable bonds is 4. The molecule has 110 valence electrons. The molecule has 21 heavy (non-hydrogen) atoms. The van der Waals surface area contributed by atoms with Crippen molar-refractivity contribution in [2.75, 3.05) is 11.9 Å². The van der Waals surface area contributed by atoms with Crippen molar-refractivity contribution in [2.24, 2.45) is 0 Å². The Hall–Kier alpha value is -1.56. The summed E-state index contributed by atoms with van der Waals surface area (Å²) in [6, 6.07) is 4.82. The third-order valence-corrected chi connectivity index (χ3v) is 3.37. The highest BCUT2D eigenvalue weighted by atomic mass is 35.5. The summed E-state index contributed by atoms with van der Waals surface area (Å²) in [5, 5.41) is 3.01. The zero-order valence-electron chi connectivity index (χ0n) is 10.7. The summed E-state index contributed by atoms with van der Waals surface area (Å²) in [5.41, 5.74) is -0.486. The van der Waals surface area contributed by atoms with Gasteiger partial charge < -0.3 is 9.73 Å². The molecule has 0 aliphatic heterocycles. The van der Waals surface area contributed by atoms with Gasteiger partial charge in [0.2, 0.25) is 5.82 Å². The zero-order chi connectivity index (χ0) is 15.6. The standard InChI is InChI=1S/C13H9Cl3N2O3/c1-6(19)5-17-12-13(20)21-10(11(16)18-12)9-7(14)3-2-4-8(9)15/h2-4H,5H2,1H3,(H,17,18). The number of nitrogens with one attached hydrogen (secondary N) is 1. The molecule has 0 radical (unpaired) electrons. The second-order valence-corrected chi connectivity index (χ2v) is 5.29. The van der Waals surface area contributed by atoms with Crippen LogP contribution in [0, 0.1) is 0 Å². The van der Waals surface area contributed by atoms with Gasteiger partial charge in [-0.3, -0.25) is 4.79 Å². The average molecular weight is 348 g/mol. The Labute approximate surface area is 134 Å². The van der Waals surface area contributed by atoms with E-state index in [0.29, 0.717) is 0 Å². The quantitative estimate of drug-likeness (QED) is 0.913. The fourth-order valence-corrected chi connectivity index (χ4v) is 2.35. The van der Waals surface area contributed by atoms with Gasteiger partial charge in [0.1, 0.15) is 5.78 Å². The van der Waals surface area contributed by atoms with Crippen LogP contribution in [0.3, 0.4) is 0 Å². The second-order valence-electron chi connectivity index (χ2n) is 4.12. The first-order chi connectivity index (χ1) is 9.90. The fourth-order valence-electron chi connectivity index (χ4n) is 1.57. The van der Waals surface area contributed by atoms with Gasteiger partial charge in [-0.25, -0.2) is 9.78 Å². The Balaban J connectivity index is 2.50. The molecule has 0 spiro atoms. The lowest BCUT2D eigenvalue weighted by Crippen LogP contribution is -2.18. The van der Waals surface area contributed by atoms with Gasteiger partial charge in [-0.15, -0.1) is 0 Å². The van der Waals surface area contributed by atoms with Crippen molar-refractivity contribution in [2.45, 2.75) is 6.92 Å². The molecule has 0 aliphatic rings. The van der Waals surface area contributed by atoms with E-state index >= 15 is 0 Å². The number of Topliss-reactive ketones (excluding diaryl/α,β-unsaturated/α-hetero) is 1. The van der Waals surface area contributed by atoms with E-state index in [0.717, 1.165) is 0 Å². The normalized spacial score (nSPS) is 10.5. The fraction of sp³-hybridized carbons (Fsp3) is 0.154. The Morgan fingerprint density at radius 1 is 1.29 bits per heavy atom. The zero-order valence-corrected chi connectivity index (χ0v) is 13.0. The third kappa shape index (κ3) is 3.56. The average Bonchev–Trinajstić information content (AvgIpc) is 2.40. The van der Waals surface area contributed by atoms with Crippen LogP contribution in [0.4, 0.5) is 5.82 Å². The summed E-state index contributed by atoms with van der Waals surface area (Å²) in [6.45, 7) is 1.31. The highest BCUT2D eigenvalue weighted by Gasteiger charge is 2.18. The number of carbonyl (C=O) groups excluding carboxylic acids is 1. The molecule has 8 heteroatoms. The van der Waals surface area contributed by atoms with Crippen molar-refractivity contribution < 1.29 is 9.21 Å². The predicted octanol–water partition coefficient (Wildman–Crippen LogP) is 3.66. The maximum Gasteiger partial charge on any atom is 0.379 e. The van der Waals surface area contributed by atoms with Gasteiger partial charge in [-0.2, -0.15) is 0 Å². The van der Waals surface area contributed by atoms with Crippen LogP contribution in [-0.4, -0.2) is 17.3 Å². The molecule has 1 N–H and O–H groups in total. The molecule has 0 atom stereocenters. The van der Waals surface area contributed by atoms with Crippen LogP contribution in [-0.2, 0) is 4.79 Å². The van der Waals surface area contributed by atoms with Crippen LogP contribution in [0.1, 0.15) is 6.92 Å². The topological polar surface area (TPSA) is 72.2 Å². The molecule has 1 aromatic heterocycles. The van der Waals surface area contributed by atoms with Crippen molar-refractivity contribution in [1.82, 2.24) is 4.98 Å². The largest absolute Gasteiger partial charge is 0.417 e. The summed E-state index contributed by atoms with van der Waals surface area (Å²) in [4.78, 5) is 26.6. The minimum atomic E-state index is -0.772. The lowest BCUT2D eigenvalue weighted by Gasteiger charge is -2.08. The van der Waals surface area contributed by atoms with E-state index in [1.165, 1.54) is 6.92 Å². The molecule has 0 amide bonds. The van der Waals surface area contributed by atoms with E-state index in [2.05, 4.69) is 10.3 Å². The van der Waals surface area contributed by atoms with Crippen molar-refractivity contribution >= 4 is 46.4 Å². The summed E-state index contributed by atoms with van der Waals surface area (Å²) in [6.07, 6.45) is 0. The first-order valence-electron chi connectivity index (χ1n) is 5.78. The van der Waals surface area contributed by atoms with Gasteiger partial charge in [-0.05, 0) is 19.1 Å². The molecule has 2 rings (SSSR count). The molecular formula is C13H9Cl3N2O3. The number of benzene rings is 1. The highest BCUT2D eigenvalue weighted by molar-refractivity contribution is 6.40. The first kappa shape index (κ1) is 15.8. The van der Waals surface area contributed by atoms with Crippen LogP contribution in [0.2, 0.25) is 15.2 Å². The highest BCUT2D eigenvalue weighted by Crippen LogP contribution is 2.37. The van der Waals surface area contributed by atoms with Gasteiger partial charge >= 0.3 is 5.63 Å². The van der Waals surface area contributed by atoms with Crippen molar-refractivity contribution in [3.8, 4) is 11.3 Å². The maximum atomic E-state index is 11.9. The Kier molecular flexibility index (Phi) is 4.88. The number of carbonyl (C=O) groups is 1. The summed E-state index contributed by atoms with van der Waals surface area (Å²) < 4.78 is 5.13. The van der Waals surface area contributed by atoms with Crippen LogP contribution in [0.25, 0.3) is 11.3 Å². The van der Waals surface area contributed by atoms with Crippen LogP contribution >= 0.6 is 34.8 Å². The Morgan fingerprint density at radius 2 is 1.90 bits per heavy atom. The van der Waals surface area contributed by atoms with Crippen molar-refractivity contribution in [3.63, 3.8) is 0 Å². The van der Waals surface area contributed by atoms with E-state index < -0.39 is 5.63 Å². The minimum Gasteiger partial charge on any atom is -0.417 e. The predicted molar refractivity (Wildman–Crippen MR) is 82.4 cm³/mol. The van der Waals surface area contributed by atoms with E-state index in [1.807, 2.05) is 0 Å². The molecule has 0 bridgehead atoms. The molecular weight excluding hydrogens is 339 g/mol. The molecule has 2 aromatic rings. The van der Waals surface area contributed by atoms with E-state index in [4.69, 9.17) is 39.2 Å². The number of halogens is 3. The Bertz CT molecular complexity index is 739. The molecule has 0 saturated carbocycles. The van der Waals surface area contributed by atoms with E-state index in [-0.39, 0.29) is 44.7 Å². The second kappa shape index (κ2) is 6.47.